The number of pyridine rings is 1. The van der Waals surface area contributed by atoms with Crippen molar-refractivity contribution in [3.05, 3.63) is 24.2 Å². The zero-order valence-corrected chi connectivity index (χ0v) is 10.7. The van der Waals surface area contributed by atoms with Crippen molar-refractivity contribution in [2.45, 2.75) is 38.8 Å². The Hall–Kier alpha value is -1.62. The number of aromatic nitrogens is 3. The minimum absolute atomic E-state index is 0.214. The molecule has 2 aromatic heterocycles. The first-order valence-corrected chi connectivity index (χ1v) is 6.46. The lowest BCUT2D eigenvalue weighted by Gasteiger charge is -2.25. The number of hydrogen-bond acceptors (Lipinski definition) is 4. The lowest BCUT2D eigenvalue weighted by Crippen LogP contribution is -2.30. The van der Waals surface area contributed by atoms with E-state index >= 15 is 0 Å². The minimum atomic E-state index is 0.214. The van der Waals surface area contributed by atoms with Crippen LogP contribution in [0.2, 0.25) is 0 Å². The number of rotatable bonds is 2. The molecule has 0 spiro atoms. The number of aromatic hydroxyl groups is 1. The Morgan fingerprint density at radius 2 is 2.22 bits per heavy atom. The van der Waals surface area contributed by atoms with Gasteiger partial charge in [0.1, 0.15) is 5.75 Å². The second-order valence-electron chi connectivity index (χ2n) is 5.15. The van der Waals surface area contributed by atoms with E-state index < -0.39 is 0 Å². The second-order valence-corrected chi connectivity index (χ2v) is 5.15. The molecule has 18 heavy (non-hydrogen) atoms. The third-order valence-electron chi connectivity index (χ3n) is 3.59. The summed E-state index contributed by atoms with van der Waals surface area (Å²) < 4.78 is 1.65. The van der Waals surface area contributed by atoms with Gasteiger partial charge in [-0.2, -0.15) is 0 Å². The molecule has 0 saturated carbocycles. The maximum Gasteiger partial charge on any atom is 0.168 e. The number of fused-ring (bicyclic) bond motifs is 1. The Morgan fingerprint density at radius 1 is 1.39 bits per heavy atom. The zero-order valence-electron chi connectivity index (χ0n) is 10.7. The van der Waals surface area contributed by atoms with Crippen LogP contribution in [0.1, 0.15) is 38.6 Å². The number of nitrogens with zero attached hydrogens (tertiary/aromatic N) is 4. The average Bonchev–Trinajstić information content (AvgIpc) is 2.93. The monoisotopic (exact) mass is 246 g/mol. The summed E-state index contributed by atoms with van der Waals surface area (Å²) in [4.78, 5) is 7.01. The van der Waals surface area contributed by atoms with Gasteiger partial charge in [-0.25, -0.2) is 9.50 Å². The fourth-order valence-corrected chi connectivity index (χ4v) is 2.71. The molecular weight excluding hydrogens is 228 g/mol. The van der Waals surface area contributed by atoms with Crippen LogP contribution >= 0.6 is 0 Å². The highest BCUT2D eigenvalue weighted by Crippen LogP contribution is 2.31. The van der Waals surface area contributed by atoms with E-state index in [4.69, 9.17) is 0 Å². The number of likely N-dealkylation sites (tertiary alicyclic amines) is 1. The standard InChI is InChI=1S/C13H18N4O/c1-9(2)16-7-3-4-11(16)13-14-12-6-5-10(18)8-17(12)15-13/h5-6,8-9,11,18H,3-4,7H2,1-2H3. The predicted octanol–water partition coefficient (Wildman–Crippen LogP) is 1.98. The summed E-state index contributed by atoms with van der Waals surface area (Å²) in [5.41, 5.74) is 0.790. The fraction of sp³-hybridized carbons (Fsp3) is 0.538. The molecule has 0 radical (unpaired) electrons. The van der Waals surface area contributed by atoms with E-state index in [-0.39, 0.29) is 5.75 Å². The molecule has 3 heterocycles. The van der Waals surface area contributed by atoms with E-state index in [1.165, 1.54) is 6.42 Å². The van der Waals surface area contributed by atoms with Gasteiger partial charge in [-0.3, -0.25) is 4.90 Å². The molecule has 96 valence electrons. The largest absolute Gasteiger partial charge is 0.506 e. The third kappa shape index (κ3) is 1.84. The van der Waals surface area contributed by atoms with E-state index in [0.29, 0.717) is 12.1 Å². The quantitative estimate of drug-likeness (QED) is 0.880. The molecule has 1 atom stereocenters. The predicted molar refractivity (Wildman–Crippen MR) is 68.5 cm³/mol. The second kappa shape index (κ2) is 4.24. The smallest absolute Gasteiger partial charge is 0.168 e. The fourth-order valence-electron chi connectivity index (χ4n) is 2.71. The van der Waals surface area contributed by atoms with Gasteiger partial charge in [0, 0.05) is 6.04 Å². The molecule has 0 aromatic carbocycles. The summed E-state index contributed by atoms with van der Waals surface area (Å²) in [5, 5.41) is 13.9. The molecule has 2 aromatic rings. The van der Waals surface area contributed by atoms with Crippen molar-refractivity contribution >= 4 is 5.65 Å². The molecule has 0 bridgehead atoms. The van der Waals surface area contributed by atoms with E-state index in [1.54, 1.807) is 22.8 Å². The average molecular weight is 246 g/mol. The van der Waals surface area contributed by atoms with Gasteiger partial charge in [0.05, 0.1) is 12.2 Å². The molecule has 3 rings (SSSR count). The molecule has 5 heteroatoms. The van der Waals surface area contributed by atoms with Gasteiger partial charge < -0.3 is 5.11 Å². The van der Waals surface area contributed by atoms with Gasteiger partial charge in [-0.15, -0.1) is 5.10 Å². The van der Waals surface area contributed by atoms with Gasteiger partial charge in [0.2, 0.25) is 0 Å². The van der Waals surface area contributed by atoms with Gasteiger partial charge in [-0.05, 0) is 45.4 Å². The van der Waals surface area contributed by atoms with Gasteiger partial charge in [0.15, 0.2) is 11.5 Å². The summed E-state index contributed by atoms with van der Waals surface area (Å²) >= 11 is 0. The van der Waals surface area contributed by atoms with Crippen molar-refractivity contribution in [3.8, 4) is 5.75 Å². The SMILES string of the molecule is CC(C)N1CCCC1c1nc2ccc(O)cn2n1. The van der Waals surface area contributed by atoms with Crippen LogP contribution in [0.25, 0.3) is 5.65 Å². The molecule has 1 unspecified atom stereocenters. The van der Waals surface area contributed by atoms with Gasteiger partial charge >= 0.3 is 0 Å². The number of hydrogen-bond donors (Lipinski definition) is 1. The van der Waals surface area contributed by atoms with Gasteiger partial charge in [0.25, 0.3) is 0 Å². The van der Waals surface area contributed by atoms with Crippen LogP contribution in [0.4, 0.5) is 0 Å². The van der Waals surface area contributed by atoms with Crippen molar-refractivity contribution in [3.63, 3.8) is 0 Å². The summed E-state index contributed by atoms with van der Waals surface area (Å²) in [5.74, 6) is 1.08. The maximum atomic E-state index is 9.45. The van der Waals surface area contributed by atoms with Crippen molar-refractivity contribution in [1.82, 2.24) is 19.5 Å². The van der Waals surface area contributed by atoms with Crippen molar-refractivity contribution in [2.75, 3.05) is 6.54 Å². The topological polar surface area (TPSA) is 53.7 Å². The highest BCUT2D eigenvalue weighted by Gasteiger charge is 2.30. The van der Waals surface area contributed by atoms with Crippen LogP contribution in [0.15, 0.2) is 18.3 Å². The van der Waals surface area contributed by atoms with Crippen LogP contribution in [-0.4, -0.2) is 37.2 Å². The summed E-state index contributed by atoms with van der Waals surface area (Å²) in [6.07, 6.45) is 3.91. The molecular formula is C13H18N4O. The first kappa shape index (κ1) is 11.5. The van der Waals surface area contributed by atoms with Crippen LogP contribution < -0.4 is 0 Å². The summed E-state index contributed by atoms with van der Waals surface area (Å²) in [6, 6.07) is 4.26. The van der Waals surface area contributed by atoms with Crippen molar-refractivity contribution < 1.29 is 5.11 Å². The van der Waals surface area contributed by atoms with E-state index in [0.717, 1.165) is 24.4 Å². The van der Waals surface area contributed by atoms with Crippen molar-refractivity contribution in [2.24, 2.45) is 0 Å². The molecule has 1 fully saturated rings. The molecule has 1 saturated heterocycles. The summed E-state index contributed by atoms with van der Waals surface area (Å²) in [7, 11) is 0. The summed E-state index contributed by atoms with van der Waals surface area (Å²) in [6.45, 7) is 5.53. The normalized spacial score (nSPS) is 21.2. The Kier molecular flexibility index (Phi) is 2.70. The molecule has 5 nitrogen and oxygen atoms in total. The Balaban J connectivity index is 1.98. The zero-order chi connectivity index (χ0) is 12.7. The lowest BCUT2D eigenvalue weighted by molar-refractivity contribution is 0.199. The van der Waals surface area contributed by atoms with Gasteiger partial charge in [-0.1, -0.05) is 0 Å². The van der Waals surface area contributed by atoms with Crippen LogP contribution in [0.5, 0.6) is 5.75 Å². The Morgan fingerprint density at radius 3 is 3.00 bits per heavy atom. The minimum Gasteiger partial charge on any atom is -0.506 e. The van der Waals surface area contributed by atoms with Crippen molar-refractivity contribution in [1.29, 1.82) is 0 Å². The molecule has 1 aliphatic heterocycles. The first-order chi connectivity index (χ1) is 8.65. The van der Waals surface area contributed by atoms with Crippen LogP contribution in [-0.2, 0) is 0 Å². The Bertz CT molecular complexity index is 563. The third-order valence-corrected chi connectivity index (χ3v) is 3.59. The lowest BCUT2D eigenvalue weighted by atomic mass is 10.2. The highest BCUT2D eigenvalue weighted by molar-refractivity contribution is 5.40. The highest BCUT2D eigenvalue weighted by atomic mass is 16.3. The molecule has 0 aliphatic carbocycles. The van der Waals surface area contributed by atoms with E-state index in [9.17, 15) is 5.11 Å². The Labute approximate surface area is 106 Å². The molecule has 1 N–H and O–H groups in total. The maximum absolute atomic E-state index is 9.45. The van der Waals surface area contributed by atoms with E-state index in [1.807, 2.05) is 0 Å². The van der Waals surface area contributed by atoms with Crippen LogP contribution in [0.3, 0.4) is 0 Å². The first-order valence-electron chi connectivity index (χ1n) is 6.46. The molecule has 0 amide bonds. The molecule has 1 aliphatic rings. The van der Waals surface area contributed by atoms with Crippen LogP contribution in [0, 0.1) is 0 Å². The van der Waals surface area contributed by atoms with E-state index in [2.05, 4.69) is 28.8 Å².